The van der Waals surface area contributed by atoms with Crippen LogP contribution in [0.2, 0.25) is 0 Å². The van der Waals surface area contributed by atoms with Crippen molar-refractivity contribution in [2.45, 2.75) is 25.6 Å². The van der Waals surface area contributed by atoms with E-state index < -0.39 is 24.1 Å². The van der Waals surface area contributed by atoms with Crippen LogP contribution < -0.4 is 5.73 Å². The number of aliphatic hydroxyl groups is 2. The van der Waals surface area contributed by atoms with Crippen LogP contribution in [0.3, 0.4) is 0 Å². The molecule has 0 saturated heterocycles. The highest BCUT2D eigenvalue weighted by Gasteiger charge is 2.23. The Hall–Kier alpha value is -1.92. The van der Waals surface area contributed by atoms with Crippen LogP contribution in [0.25, 0.3) is 0 Å². The van der Waals surface area contributed by atoms with E-state index in [2.05, 4.69) is 4.74 Å². The highest BCUT2D eigenvalue weighted by Crippen LogP contribution is 2.24. The summed E-state index contributed by atoms with van der Waals surface area (Å²) in [5.41, 5.74) is 6.26. The fourth-order valence-electron chi connectivity index (χ4n) is 1.73. The first-order valence-electron chi connectivity index (χ1n) is 5.70. The van der Waals surface area contributed by atoms with Crippen molar-refractivity contribution in [1.82, 2.24) is 0 Å². The minimum absolute atomic E-state index is 0.258. The Morgan fingerprint density at radius 1 is 1.37 bits per heavy atom. The molecular weight excluding hydrogens is 250 g/mol. The number of aliphatic hydroxyl groups excluding tert-OH is 2. The number of ether oxygens (including phenoxy) is 1. The summed E-state index contributed by atoms with van der Waals surface area (Å²) in [6, 6.07) is 4.61. The van der Waals surface area contributed by atoms with Gasteiger partial charge in [0.2, 0.25) is 5.91 Å². The molecule has 1 amide bonds. The lowest BCUT2D eigenvalue weighted by molar-refractivity contribution is -0.121. The number of hydrogen-bond acceptors (Lipinski definition) is 5. The second kappa shape index (κ2) is 6.31. The average molecular weight is 267 g/mol. The van der Waals surface area contributed by atoms with E-state index >= 15 is 0 Å². The Balaban J connectivity index is 3.04. The zero-order valence-electron chi connectivity index (χ0n) is 10.8. The lowest BCUT2D eigenvalue weighted by Crippen LogP contribution is -2.26. The van der Waals surface area contributed by atoms with Crippen LogP contribution in [-0.4, -0.2) is 35.3 Å². The maximum atomic E-state index is 11.4. The highest BCUT2D eigenvalue weighted by molar-refractivity contribution is 5.89. The van der Waals surface area contributed by atoms with Gasteiger partial charge in [0.25, 0.3) is 0 Å². The number of esters is 1. The van der Waals surface area contributed by atoms with Crippen LogP contribution in [0.5, 0.6) is 0 Å². The van der Waals surface area contributed by atoms with Gasteiger partial charge in [0.05, 0.1) is 25.2 Å². The predicted octanol–water partition coefficient (Wildman–Crippen LogP) is 0.0513. The molecule has 0 saturated carbocycles. The second-order valence-corrected chi connectivity index (χ2v) is 4.25. The van der Waals surface area contributed by atoms with E-state index in [1.54, 1.807) is 19.1 Å². The van der Waals surface area contributed by atoms with E-state index in [1.807, 2.05) is 0 Å². The molecule has 0 aromatic heterocycles. The molecule has 1 aromatic carbocycles. The van der Waals surface area contributed by atoms with Gasteiger partial charge in [0, 0.05) is 0 Å². The molecule has 0 radical (unpaired) electrons. The predicted molar refractivity (Wildman–Crippen MR) is 67.3 cm³/mol. The van der Waals surface area contributed by atoms with Gasteiger partial charge in [-0.1, -0.05) is 6.07 Å². The highest BCUT2D eigenvalue weighted by atomic mass is 16.5. The fraction of sp³-hybridized carbons (Fsp3) is 0.385. The zero-order valence-corrected chi connectivity index (χ0v) is 10.8. The van der Waals surface area contributed by atoms with Gasteiger partial charge in [-0.15, -0.1) is 0 Å². The summed E-state index contributed by atoms with van der Waals surface area (Å²) in [5, 5.41) is 19.7. The first-order chi connectivity index (χ1) is 8.86. The van der Waals surface area contributed by atoms with E-state index in [-0.39, 0.29) is 12.0 Å². The second-order valence-electron chi connectivity index (χ2n) is 4.25. The third-order valence-electron chi connectivity index (χ3n) is 2.79. The largest absolute Gasteiger partial charge is 0.465 e. The van der Waals surface area contributed by atoms with E-state index in [4.69, 9.17) is 5.73 Å². The minimum Gasteiger partial charge on any atom is -0.465 e. The van der Waals surface area contributed by atoms with Crippen LogP contribution in [0.15, 0.2) is 18.2 Å². The Morgan fingerprint density at radius 2 is 2.00 bits per heavy atom. The maximum absolute atomic E-state index is 11.4. The summed E-state index contributed by atoms with van der Waals surface area (Å²) in [6.45, 7) is 1.72. The van der Waals surface area contributed by atoms with Crippen LogP contribution in [0.4, 0.5) is 0 Å². The van der Waals surface area contributed by atoms with E-state index in [1.165, 1.54) is 13.2 Å². The van der Waals surface area contributed by atoms with Crippen molar-refractivity contribution in [3.8, 4) is 0 Å². The molecule has 0 fully saturated rings. The molecule has 4 N–H and O–H groups in total. The van der Waals surface area contributed by atoms with Crippen LogP contribution >= 0.6 is 0 Å². The Bertz CT molecular complexity index is 486. The van der Waals surface area contributed by atoms with Gasteiger partial charge in [-0.25, -0.2) is 4.79 Å². The number of aryl methyl sites for hydroxylation is 1. The number of benzene rings is 1. The summed E-state index contributed by atoms with van der Waals surface area (Å²) in [6.07, 6.45) is -2.97. The standard InChI is InChI=1S/C13H17NO5/c1-7-3-4-8(13(18)19-2)5-9(7)12(17)10(15)6-11(14)16/h3-5,10,12,15,17H,6H2,1-2H3,(H2,14,16). The summed E-state index contributed by atoms with van der Waals surface area (Å²) in [4.78, 5) is 22.1. The first kappa shape index (κ1) is 15.1. The molecule has 2 atom stereocenters. The fourth-order valence-corrected chi connectivity index (χ4v) is 1.73. The van der Waals surface area contributed by atoms with Gasteiger partial charge < -0.3 is 20.7 Å². The molecule has 0 heterocycles. The lowest BCUT2D eigenvalue weighted by atomic mass is 9.95. The van der Waals surface area contributed by atoms with Crippen molar-refractivity contribution in [2.75, 3.05) is 7.11 Å². The number of methoxy groups -OCH3 is 1. The molecular formula is C13H17NO5. The summed E-state index contributed by atoms with van der Waals surface area (Å²) >= 11 is 0. The molecule has 0 bridgehead atoms. The zero-order chi connectivity index (χ0) is 14.6. The quantitative estimate of drug-likeness (QED) is 0.653. The van der Waals surface area contributed by atoms with Crippen molar-refractivity contribution >= 4 is 11.9 Å². The van der Waals surface area contributed by atoms with Gasteiger partial charge in [-0.3, -0.25) is 4.79 Å². The first-order valence-corrected chi connectivity index (χ1v) is 5.70. The normalized spacial score (nSPS) is 13.7. The van der Waals surface area contributed by atoms with Crippen LogP contribution in [0, 0.1) is 6.92 Å². The number of hydrogen-bond donors (Lipinski definition) is 3. The third kappa shape index (κ3) is 3.77. The molecule has 1 aromatic rings. The maximum Gasteiger partial charge on any atom is 0.337 e. The molecule has 0 aliphatic heterocycles. The molecule has 6 heteroatoms. The molecule has 6 nitrogen and oxygen atoms in total. The molecule has 0 spiro atoms. The van der Waals surface area contributed by atoms with Crippen molar-refractivity contribution in [2.24, 2.45) is 5.73 Å². The van der Waals surface area contributed by atoms with Crippen LogP contribution in [0.1, 0.15) is 34.0 Å². The number of carbonyl (C=O) groups excluding carboxylic acids is 2. The Morgan fingerprint density at radius 3 is 2.53 bits per heavy atom. The summed E-state index contributed by atoms with van der Waals surface area (Å²) < 4.78 is 4.58. The Labute approximate surface area is 110 Å². The smallest absolute Gasteiger partial charge is 0.337 e. The summed E-state index contributed by atoms with van der Waals surface area (Å²) in [5.74, 6) is -1.26. The molecule has 1 rings (SSSR count). The molecule has 0 aliphatic carbocycles. The van der Waals surface area contributed by atoms with Gasteiger partial charge in [0.1, 0.15) is 6.10 Å². The van der Waals surface area contributed by atoms with Gasteiger partial charge >= 0.3 is 5.97 Å². The van der Waals surface area contributed by atoms with E-state index in [0.29, 0.717) is 11.1 Å². The molecule has 104 valence electrons. The topological polar surface area (TPSA) is 110 Å². The van der Waals surface area contributed by atoms with Crippen molar-refractivity contribution in [3.05, 3.63) is 34.9 Å². The molecule has 19 heavy (non-hydrogen) atoms. The number of carbonyl (C=O) groups is 2. The van der Waals surface area contributed by atoms with Crippen molar-refractivity contribution in [1.29, 1.82) is 0 Å². The SMILES string of the molecule is COC(=O)c1ccc(C)c(C(O)C(O)CC(N)=O)c1. The number of primary amides is 1. The number of nitrogens with two attached hydrogens (primary N) is 1. The average Bonchev–Trinajstić information content (AvgIpc) is 2.36. The minimum atomic E-state index is -1.32. The van der Waals surface area contributed by atoms with E-state index in [0.717, 1.165) is 0 Å². The lowest BCUT2D eigenvalue weighted by Gasteiger charge is -2.19. The Kier molecular flexibility index (Phi) is 5.02. The number of amides is 1. The number of rotatable bonds is 5. The van der Waals surface area contributed by atoms with E-state index in [9.17, 15) is 19.8 Å². The summed E-state index contributed by atoms with van der Waals surface area (Å²) in [7, 11) is 1.25. The molecule has 0 aliphatic rings. The molecule has 2 unspecified atom stereocenters. The monoisotopic (exact) mass is 267 g/mol. The van der Waals surface area contributed by atoms with Gasteiger partial charge in [-0.2, -0.15) is 0 Å². The van der Waals surface area contributed by atoms with Gasteiger partial charge in [0.15, 0.2) is 0 Å². The van der Waals surface area contributed by atoms with Crippen LogP contribution in [-0.2, 0) is 9.53 Å². The van der Waals surface area contributed by atoms with Gasteiger partial charge in [-0.05, 0) is 30.2 Å². The van der Waals surface area contributed by atoms with Crippen molar-refractivity contribution < 1.29 is 24.5 Å². The third-order valence-corrected chi connectivity index (χ3v) is 2.79. The van der Waals surface area contributed by atoms with Crippen molar-refractivity contribution in [3.63, 3.8) is 0 Å².